The van der Waals surface area contributed by atoms with Gasteiger partial charge in [-0.25, -0.2) is 4.39 Å². The summed E-state index contributed by atoms with van der Waals surface area (Å²) < 4.78 is 13.3. The Morgan fingerprint density at radius 3 is 2.54 bits per heavy atom. The lowest BCUT2D eigenvalue weighted by Gasteiger charge is -2.33. The fourth-order valence-electron chi connectivity index (χ4n) is 4.29. The quantitative estimate of drug-likeness (QED) is 0.792. The van der Waals surface area contributed by atoms with Gasteiger partial charge in [-0.05, 0) is 62.9 Å². The number of likely N-dealkylation sites (N-methyl/N-ethyl adjacent to an activating group) is 1. The van der Waals surface area contributed by atoms with Gasteiger partial charge < -0.3 is 10.6 Å². The van der Waals surface area contributed by atoms with E-state index in [1.807, 2.05) is 19.2 Å². The Kier molecular flexibility index (Phi) is 8.32. The summed E-state index contributed by atoms with van der Waals surface area (Å²) >= 11 is 0. The number of carbonyl (C=O) groups excluding carboxylic acids is 1. The molecule has 1 amide bonds. The van der Waals surface area contributed by atoms with Crippen LogP contribution in [0.3, 0.4) is 0 Å². The Hall–Kier alpha value is -1.17. The molecule has 1 aromatic carbocycles. The average Bonchev–Trinajstić information content (AvgIpc) is 3.15. The molecule has 0 aromatic heterocycles. The van der Waals surface area contributed by atoms with Crippen molar-refractivity contribution >= 4 is 18.3 Å². The van der Waals surface area contributed by atoms with Gasteiger partial charge in [-0.2, -0.15) is 0 Å². The topological polar surface area (TPSA) is 44.4 Å². The molecule has 0 radical (unpaired) electrons. The fourth-order valence-corrected chi connectivity index (χ4v) is 4.29. The van der Waals surface area contributed by atoms with Crippen LogP contribution in [0.5, 0.6) is 0 Å². The van der Waals surface area contributed by atoms with Gasteiger partial charge in [0.25, 0.3) is 0 Å². The van der Waals surface area contributed by atoms with E-state index in [9.17, 15) is 9.18 Å². The lowest BCUT2D eigenvalue weighted by Crippen LogP contribution is -2.48. The van der Waals surface area contributed by atoms with Gasteiger partial charge in [-0.15, -0.1) is 12.4 Å². The minimum atomic E-state index is -0.230. The third-order valence-corrected chi connectivity index (χ3v) is 5.70. The maximum Gasteiger partial charge on any atom is 0.234 e. The van der Waals surface area contributed by atoms with Crippen LogP contribution in [0.2, 0.25) is 0 Å². The third kappa shape index (κ3) is 5.66. The summed E-state index contributed by atoms with van der Waals surface area (Å²) in [6.45, 7) is 2.35. The first-order valence-electron chi connectivity index (χ1n) is 9.60. The molecule has 3 rings (SSSR count). The van der Waals surface area contributed by atoms with Gasteiger partial charge >= 0.3 is 0 Å². The number of rotatable bonds is 6. The summed E-state index contributed by atoms with van der Waals surface area (Å²) in [6.07, 6.45) is 7.00. The highest BCUT2D eigenvalue weighted by Gasteiger charge is 2.28. The highest BCUT2D eigenvalue weighted by Crippen LogP contribution is 2.35. The molecule has 146 valence electrons. The molecular weight excluding hydrogens is 353 g/mol. The predicted octanol–water partition coefficient (Wildman–Crippen LogP) is 3.28. The second kappa shape index (κ2) is 10.2. The standard InChI is InChI=1S/C20H30FN3O.ClH/c1-22-18-7-4-12-24(13-18)14-19(25)23-20(15-5-2-3-6-15)16-8-10-17(21)11-9-16;/h8-11,15,18,20,22H,2-7,12-14H2,1H3,(H,23,25);1H. The van der Waals surface area contributed by atoms with Crippen molar-refractivity contribution in [2.24, 2.45) is 5.92 Å². The first-order chi connectivity index (χ1) is 12.2. The van der Waals surface area contributed by atoms with E-state index in [2.05, 4.69) is 15.5 Å². The Labute approximate surface area is 162 Å². The minimum absolute atomic E-state index is 0. The minimum Gasteiger partial charge on any atom is -0.348 e. The van der Waals surface area contributed by atoms with E-state index < -0.39 is 0 Å². The fraction of sp³-hybridized carbons (Fsp3) is 0.650. The third-order valence-electron chi connectivity index (χ3n) is 5.70. The predicted molar refractivity (Wildman–Crippen MR) is 105 cm³/mol. The number of halogens is 2. The lowest BCUT2D eigenvalue weighted by atomic mass is 9.91. The number of piperidine rings is 1. The Bertz CT molecular complexity index is 563. The maximum atomic E-state index is 13.3. The molecule has 0 bridgehead atoms. The molecule has 1 heterocycles. The summed E-state index contributed by atoms with van der Waals surface area (Å²) in [5.74, 6) is 0.311. The van der Waals surface area contributed by atoms with E-state index in [4.69, 9.17) is 0 Å². The van der Waals surface area contributed by atoms with Gasteiger partial charge in [0.05, 0.1) is 12.6 Å². The number of nitrogens with zero attached hydrogens (tertiary/aromatic N) is 1. The molecule has 0 spiro atoms. The van der Waals surface area contributed by atoms with Crippen molar-refractivity contribution in [3.8, 4) is 0 Å². The van der Waals surface area contributed by atoms with Gasteiger partial charge in [0, 0.05) is 12.6 Å². The Morgan fingerprint density at radius 2 is 1.88 bits per heavy atom. The van der Waals surface area contributed by atoms with Crippen LogP contribution < -0.4 is 10.6 Å². The van der Waals surface area contributed by atoms with Crippen LogP contribution in [0.25, 0.3) is 0 Å². The molecule has 4 nitrogen and oxygen atoms in total. The summed E-state index contributed by atoms with van der Waals surface area (Å²) in [6, 6.07) is 7.09. The molecule has 2 unspecified atom stereocenters. The number of benzene rings is 1. The van der Waals surface area contributed by atoms with Crippen molar-refractivity contribution in [1.82, 2.24) is 15.5 Å². The van der Waals surface area contributed by atoms with Gasteiger partial charge in [0.2, 0.25) is 5.91 Å². The van der Waals surface area contributed by atoms with Crippen molar-refractivity contribution in [3.63, 3.8) is 0 Å². The van der Waals surface area contributed by atoms with Gasteiger partial charge in [0.1, 0.15) is 5.82 Å². The molecule has 1 saturated carbocycles. The van der Waals surface area contributed by atoms with Gasteiger partial charge in [0.15, 0.2) is 0 Å². The van der Waals surface area contributed by atoms with E-state index in [0.717, 1.165) is 37.9 Å². The number of likely N-dealkylation sites (tertiary alicyclic amines) is 1. The maximum absolute atomic E-state index is 13.3. The summed E-state index contributed by atoms with van der Waals surface area (Å²) in [5.41, 5.74) is 1.02. The normalized spacial score (nSPS) is 22.6. The second-order valence-electron chi connectivity index (χ2n) is 7.50. The highest BCUT2D eigenvalue weighted by atomic mass is 35.5. The van der Waals surface area contributed by atoms with Crippen LogP contribution >= 0.6 is 12.4 Å². The van der Waals surface area contributed by atoms with E-state index >= 15 is 0 Å². The molecule has 2 aliphatic rings. The molecule has 26 heavy (non-hydrogen) atoms. The monoisotopic (exact) mass is 383 g/mol. The van der Waals surface area contributed by atoms with E-state index in [1.54, 1.807) is 0 Å². The van der Waals surface area contributed by atoms with Crippen molar-refractivity contribution in [2.75, 3.05) is 26.7 Å². The molecular formula is C20H31ClFN3O. The van der Waals surface area contributed by atoms with Gasteiger partial charge in [-0.1, -0.05) is 25.0 Å². The van der Waals surface area contributed by atoms with Crippen LogP contribution in [0.15, 0.2) is 24.3 Å². The molecule has 1 aromatic rings. The Balaban J connectivity index is 0.00000243. The van der Waals surface area contributed by atoms with Crippen LogP contribution in [0.4, 0.5) is 4.39 Å². The first-order valence-corrected chi connectivity index (χ1v) is 9.60. The van der Waals surface area contributed by atoms with E-state index in [-0.39, 0.29) is 30.2 Å². The molecule has 2 N–H and O–H groups in total. The van der Waals surface area contributed by atoms with Crippen LogP contribution in [-0.4, -0.2) is 43.5 Å². The number of hydrogen-bond donors (Lipinski definition) is 2. The van der Waals surface area contributed by atoms with Crippen molar-refractivity contribution in [3.05, 3.63) is 35.6 Å². The van der Waals surface area contributed by atoms with Crippen LogP contribution in [0.1, 0.15) is 50.1 Å². The molecule has 1 aliphatic heterocycles. The first kappa shape index (κ1) is 21.1. The number of amides is 1. The highest BCUT2D eigenvalue weighted by molar-refractivity contribution is 5.85. The van der Waals surface area contributed by atoms with Gasteiger partial charge in [-0.3, -0.25) is 9.69 Å². The van der Waals surface area contributed by atoms with Crippen LogP contribution in [0, 0.1) is 11.7 Å². The zero-order chi connectivity index (χ0) is 17.6. The zero-order valence-electron chi connectivity index (χ0n) is 15.5. The molecule has 1 saturated heterocycles. The summed E-state index contributed by atoms with van der Waals surface area (Å²) in [4.78, 5) is 14.9. The van der Waals surface area contributed by atoms with E-state index in [1.165, 1.54) is 31.4 Å². The average molecular weight is 384 g/mol. The number of nitrogens with one attached hydrogen (secondary N) is 2. The largest absolute Gasteiger partial charge is 0.348 e. The Morgan fingerprint density at radius 1 is 1.19 bits per heavy atom. The lowest BCUT2D eigenvalue weighted by molar-refractivity contribution is -0.123. The number of hydrogen-bond acceptors (Lipinski definition) is 3. The van der Waals surface area contributed by atoms with Crippen molar-refractivity contribution in [2.45, 2.75) is 50.6 Å². The SMILES string of the molecule is CNC1CCCN(CC(=O)NC(c2ccc(F)cc2)C2CCCC2)C1.Cl. The number of carbonyl (C=O) groups is 1. The van der Waals surface area contributed by atoms with Crippen LogP contribution in [-0.2, 0) is 4.79 Å². The zero-order valence-corrected chi connectivity index (χ0v) is 16.4. The summed E-state index contributed by atoms with van der Waals surface area (Å²) in [7, 11) is 1.99. The van der Waals surface area contributed by atoms with E-state index in [0.29, 0.717) is 18.5 Å². The summed E-state index contributed by atoms with van der Waals surface area (Å²) in [5, 5.41) is 6.57. The molecule has 2 atom stereocenters. The molecule has 1 aliphatic carbocycles. The molecule has 2 fully saturated rings. The van der Waals surface area contributed by atoms with Crippen molar-refractivity contribution < 1.29 is 9.18 Å². The second-order valence-corrected chi connectivity index (χ2v) is 7.50. The molecule has 6 heteroatoms. The smallest absolute Gasteiger partial charge is 0.234 e. The van der Waals surface area contributed by atoms with Crippen molar-refractivity contribution in [1.29, 1.82) is 0 Å².